The van der Waals surface area contributed by atoms with Crippen LogP contribution in [0.15, 0.2) is 40.4 Å². The zero-order valence-corrected chi connectivity index (χ0v) is 25.9. The molecule has 12 heteroatoms. The summed E-state index contributed by atoms with van der Waals surface area (Å²) in [7, 11) is 0. The average molecular weight is 650 g/mol. The maximum absolute atomic E-state index is 13.8. The van der Waals surface area contributed by atoms with Crippen molar-refractivity contribution < 1.29 is 28.7 Å². The highest BCUT2D eigenvalue weighted by molar-refractivity contribution is 9.09. The molecule has 0 aliphatic carbocycles. The van der Waals surface area contributed by atoms with Crippen LogP contribution in [0.4, 0.5) is 0 Å². The molecule has 1 saturated heterocycles. The van der Waals surface area contributed by atoms with Crippen LogP contribution in [0, 0.1) is 13.8 Å². The van der Waals surface area contributed by atoms with Crippen LogP contribution in [-0.4, -0.2) is 82.4 Å². The van der Waals surface area contributed by atoms with E-state index in [4.69, 9.17) is 14.0 Å². The number of likely N-dealkylation sites (tertiary alicyclic amines) is 1. The van der Waals surface area contributed by atoms with Gasteiger partial charge < -0.3 is 29.3 Å². The number of ether oxygens (including phenoxy) is 2. The number of hydrogen-bond donors (Lipinski definition) is 2. The number of carbonyl (C=O) groups is 2. The third-order valence-electron chi connectivity index (χ3n) is 7.07. The summed E-state index contributed by atoms with van der Waals surface area (Å²) in [5.74, 6) is -0.886. The number of aliphatic hydroxyl groups excluding tert-OH is 1. The molecule has 2 N–H and O–H groups in total. The molecule has 2 aromatic heterocycles. The summed E-state index contributed by atoms with van der Waals surface area (Å²) >= 11 is 4.90. The molecule has 1 aliphatic heterocycles. The Morgan fingerprint density at radius 2 is 1.93 bits per heavy atom. The number of benzene rings is 1. The van der Waals surface area contributed by atoms with Crippen molar-refractivity contribution in [1.29, 1.82) is 0 Å². The van der Waals surface area contributed by atoms with Gasteiger partial charge in [0.1, 0.15) is 17.7 Å². The number of nitrogens with zero attached hydrogens (tertiary/aromatic N) is 3. The molecule has 4 atom stereocenters. The summed E-state index contributed by atoms with van der Waals surface area (Å²) in [6.07, 6.45) is -0.293. The van der Waals surface area contributed by atoms with Crippen molar-refractivity contribution in [3.05, 3.63) is 58.6 Å². The first kappa shape index (κ1) is 31.3. The number of thiazole rings is 1. The lowest BCUT2D eigenvalue weighted by molar-refractivity contribution is -0.140. The summed E-state index contributed by atoms with van der Waals surface area (Å²) in [6.45, 7) is 7.50. The van der Waals surface area contributed by atoms with E-state index in [1.807, 2.05) is 43.6 Å². The van der Waals surface area contributed by atoms with E-state index >= 15 is 0 Å². The van der Waals surface area contributed by atoms with Crippen LogP contribution in [0.2, 0.25) is 0 Å². The Kier molecular flexibility index (Phi) is 11.5. The van der Waals surface area contributed by atoms with Crippen LogP contribution in [0.5, 0.6) is 0 Å². The van der Waals surface area contributed by atoms with Gasteiger partial charge in [-0.05, 0) is 38.3 Å². The SMILES string of the molecule is Cc1cc([C@H](CCOCCOCCBr)C(=O)N2CC(O)CC2C(=O)N[C@@H](C)c2ccc(-c3scnc3C)cc2)on1. The summed E-state index contributed by atoms with van der Waals surface area (Å²) in [6, 6.07) is 8.65. The number of amides is 2. The molecule has 41 heavy (non-hydrogen) atoms. The summed E-state index contributed by atoms with van der Waals surface area (Å²) < 4.78 is 16.5. The predicted octanol–water partition coefficient (Wildman–Crippen LogP) is 4.16. The second kappa shape index (κ2) is 15.0. The topological polar surface area (TPSA) is 127 Å². The molecular weight excluding hydrogens is 612 g/mol. The van der Waals surface area contributed by atoms with Crippen molar-refractivity contribution in [3.8, 4) is 10.4 Å². The second-order valence-electron chi connectivity index (χ2n) is 10.1. The molecule has 0 bridgehead atoms. The number of nitrogens with one attached hydrogen (secondary N) is 1. The highest BCUT2D eigenvalue weighted by Crippen LogP contribution is 2.30. The molecule has 3 aromatic rings. The lowest BCUT2D eigenvalue weighted by atomic mass is 9.99. The van der Waals surface area contributed by atoms with E-state index in [1.165, 1.54) is 4.90 Å². The monoisotopic (exact) mass is 648 g/mol. The molecule has 2 unspecified atom stereocenters. The maximum atomic E-state index is 13.8. The van der Waals surface area contributed by atoms with Gasteiger partial charge in [-0.25, -0.2) is 4.98 Å². The molecule has 0 radical (unpaired) electrons. The van der Waals surface area contributed by atoms with Gasteiger partial charge in [-0.15, -0.1) is 11.3 Å². The minimum absolute atomic E-state index is 0.0685. The second-order valence-corrected chi connectivity index (χ2v) is 11.8. The van der Waals surface area contributed by atoms with E-state index in [2.05, 4.69) is 31.4 Å². The standard InChI is InChI=1S/C29H37BrN4O6S/c1-18-14-26(40-33-18)24(8-10-38-12-13-39-11-9-30)29(37)34-16-23(35)15-25(34)28(36)32-19(2)21-4-6-22(7-5-21)27-20(3)31-17-41-27/h4-7,14,17,19,23-25,35H,8-13,15-16H2,1-3H3,(H,32,36)/t19-,23?,24-,25?/m0/s1. The molecule has 0 spiro atoms. The quantitative estimate of drug-likeness (QED) is 0.197. The first-order valence-corrected chi connectivity index (χ1v) is 15.7. The van der Waals surface area contributed by atoms with E-state index in [9.17, 15) is 14.7 Å². The van der Waals surface area contributed by atoms with E-state index in [0.29, 0.717) is 44.3 Å². The van der Waals surface area contributed by atoms with Crippen LogP contribution in [0.3, 0.4) is 0 Å². The number of alkyl halides is 1. The molecule has 0 saturated carbocycles. The van der Waals surface area contributed by atoms with E-state index in [-0.39, 0.29) is 30.8 Å². The van der Waals surface area contributed by atoms with E-state index in [0.717, 1.165) is 27.0 Å². The molecule has 1 aliphatic rings. The molecule has 1 fully saturated rings. The van der Waals surface area contributed by atoms with Crippen LogP contribution < -0.4 is 5.32 Å². The number of aliphatic hydroxyl groups is 1. The fourth-order valence-corrected chi connectivity index (χ4v) is 5.95. The molecule has 3 heterocycles. The molecule has 1 aromatic carbocycles. The lowest BCUT2D eigenvalue weighted by Crippen LogP contribution is -2.48. The highest BCUT2D eigenvalue weighted by atomic mass is 79.9. The fourth-order valence-electron chi connectivity index (χ4n) is 4.91. The Bertz CT molecular complexity index is 1280. The van der Waals surface area contributed by atoms with Crippen LogP contribution in [0.1, 0.15) is 54.4 Å². The van der Waals surface area contributed by atoms with Gasteiger partial charge in [0, 0.05) is 31.0 Å². The average Bonchev–Trinajstić information content (AvgIpc) is 3.69. The maximum Gasteiger partial charge on any atom is 0.243 e. The minimum Gasteiger partial charge on any atom is -0.391 e. The van der Waals surface area contributed by atoms with E-state index < -0.39 is 18.1 Å². The van der Waals surface area contributed by atoms with Crippen molar-refractivity contribution in [2.45, 2.75) is 57.7 Å². The van der Waals surface area contributed by atoms with Gasteiger partial charge in [-0.1, -0.05) is 45.4 Å². The number of rotatable bonds is 14. The van der Waals surface area contributed by atoms with Gasteiger partial charge in [-0.2, -0.15) is 0 Å². The first-order valence-electron chi connectivity index (χ1n) is 13.7. The van der Waals surface area contributed by atoms with E-state index in [1.54, 1.807) is 24.3 Å². The van der Waals surface area contributed by atoms with Gasteiger partial charge >= 0.3 is 0 Å². The number of carbonyl (C=O) groups excluding carboxylic acids is 2. The third kappa shape index (κ3) is 8.23. The highest BCUT2D eigenvalue weighted by Gasteiger charge is 2.42. The first-order chi connectivity index (χ1) is 19.8. The van der Waals surface area contributed by atoms with Gasteiger partial charge in [0.05, 0.1) is 53.7 Å². The Hall–Kier alpha value is -2.64. The van der Waals surface area contributed by atoms with Gasteiger partial charge in [0.2, 0.25) is 11.8 Å². The van der Waals surface area contributed by atoms with Gasteiger partial charge in [0.15, 0.2) is 0 Å². The lowest BCUT2D eigenvalue weighted by Gasteiger charge is -2.28. The molecule has 4 rings (SSSR count). The third-order valence-corrected chi connectivity index (χ3v) is 8.38. The van der Waals surface area contributed by atoms with Crippen molar-refractivity contribution >= 4 is 39.1 Å². The Labute approximate surface area is 252 Å². The zero-order chi connectivity index (χ0) is 29.4. The van der Waals surface area contributed by atoms with Crippen molar-refractivity contribution in [3.63, 3.8) is 0 Å². The Morgan fingerprint density at radius 3 is 2.56 bits per heavy atom. The predicted molar refractivity (Wildman–Crippen MR) is 159 cm³/mol. The summed E-state index contributed by atoms with van der Waals surface area (Å²) in [5.41, 5.74) is 5.48. The zero-order valence-electron chi connectivity index (χ0n) is 23.5. The smallest absolute Gasteiger partial charge is 0.243 e. The number of hydrogen-bond acceptors (Lipinski definition) is 9. The molecule has 2 amide bonds. The number of β-amino-alcohol motifs (C(OH)–C–C–N with tert-alkyl or cyclic N) is 1. The molecule has 222 valence electrons. The summed E-state index contributed by atoms with van der Waals surface area (Å²) in [5, 5.41) is 18.2. The molecular formula is C29H37BrN4O6S. The van der Waals surface area contributed by atoms with Crippen molar-refractivity contribution in [2.24, 2.45) is 0 Å². The van der Waals surface area contributed by atoms with Crippen molar-refractivity contribution in [1.82, 2.24) is 20.4 Å². The van der Waals surface area contributed by atoms with Crippen LogP contribution >= 0.6 is 27.3 Å². The number of halogens is 1. The normalized spacial score (nSPS) is 18.4. The molecule has 10 nitrogen and oxygen atoms in total. The van der Waals surface area contributed by atoms with Crippen LogP contribution in [-0.2, 0) is 19.1 Å². The largest absolute Gasteiger partial charge is 0.391 e. The fraction of sp³-hybridized carbons (Fsp3) is 0.517. The van der Waals surface area contributed by atoms with Gasteiger partial charge in [-0.3, -0.25) is 9.59 Å². The van der Waals surface area contributed by atoms with Crippen molar-refractivity contribution in [2.75, 3.05) is 38.3 Å². The number of aromatic nitrogens is 2. The Balaban J connectivity index is 1.40. The summed E-state index contributed by atoms with van der Waals surface area (Å²) in [4.78, 5) is 34.1. The van der Waals surface area contributed by atoms with Gasteiger partial charge in [0.25, 0.3) is 0 Å². The number of aryl methyl sites for hydroxylation is 2. The van der Waals surface area contributed by atoms with Crippen LogP contribution in [0.25, 0.3) is 10.4 Å². The minimum atomic E-state index is -0.802. The Morgan fingerprint density at radius 1 is 1.20 bits per heavy atom.